The molecule has 1 aromatic heterocycles. The van der Waals surface area contributed by atoms with Gasteiger partial charge in [0, 0.05) is 28.1 Å². The molecule has 0 atom stereocenters. The molecule has 5 nitrogen and oxygen atoms in total. The van der Waals surface area contributed by atoms with Gasteiger partial charge in [0.05, 0.1) is 17.2 Å². The molecule has 4 rings (SSSR count). The maximum Gasteiger partial charge on any atom is 0.186 e. The molecule has 8 heteroatoms. The number of hydrogen-bond acceptors (Lipinski definition) is 5. The van der Waals surface area contributed by atoms with Crippen LogP contribution >= 0.6 is 35.0 Å². The van der Waals surface area contributed by atoms with Crippen LogP contribution in [-0.2, 0) is 17.1 Å². The number of aromatic nitrogens is 3. The first-order valence-corrected chi connectivity index (χ1v) is 9.95. The monoisotopic (exact) mass is 416 g/mol. The Morgan fingerprint density at radius 1 is 1.15 bits per heavy atom. The van der Waals surface area contributed by atoms with Crippen molar-refractivity contribution in [2.75, 3.05) is 0 Å². The van der Waals surface area contributed by atoms with Gasteiger partial charge in [0.1, 0.15) is 12.4 Å². The number of fused-ring (bicyclic) bond motifs is 3. The van der Waals surface area contributed by atoms with Crippen LogP contribution in [-0.4, -0.2) is 25.6 Å². The van der Waals surface area contributed by atoms with E-state index in [0.29, 0.717) is 34.0 Å². The third kappa shape index (κ3) is 3.52. The molecule has 0 saturated carbocycles. The number of halogens is 2. The van der Waals surface area contributed by atoms with Crippen LogP contribution in [0.5, 0.6) is 0 Å². The smallest absolute Gasteiger partial charge is 0.186 e. The van der Waals surface area contributed by atoms with Gasteiger partial charge < -0.3 is 0 Å². The summed E-state index contributed by atoms with van der Waals surface area (Å²) in [5.41, 5.74) is 3.31. The van der Waals surface area contributed by atoms with Crippen LogP contribution in [0, 0.1) is 0 Å². The number of nitrogens with zero attached hydrogens (tertiary/aromatic N) is 4. The molecular formula is C19H14Cl2N4OS. The van der Waals surface area contributed by atoms with E-state index in [1.807, 2.05) is 47.0 Å². The zero-order valence-electron chi connectivity index (χ0n) is 14.3. The molecular weight excluding hydrogens is 403 g/mol. The Morgan fingerprint density at radius 3 is 2.74 bits per heavy atom. The summed E-state index contributed by atoms with van der Waals surface area (Å²) in [5.74, 6) is 1.84. The van der Waals surface area contributed by atoms with Crippen LogP contribution in [0.2, 0.25) is 10.0 Å². The highest BCUT2D eigenvalue weighted by Crippen LogP contribution is 2.31. The number of hydrogen-bond donors (Lipinski definition) is 0. The van der Waals surface area contributed by atoms with Crippen molar-refractivity contribution in [3.63, 3.8) is 0 Å². The minimum Gasteiger partial charge on any atom is -0.288 e. The lowest BCUT2D eigenvalue weighted by molar-refractivity contribution is -0.109. The SMILES string of the molecule is CC(=O)SCc1nnc2n1-c1ccc(Cl)cc1C(c1ccccc1Cl)=NC2. The Hall–Kier alpha value is -2.15. The maximum absolute atomic E-state index is 11.4. The Bertz CT molecular complexity index is 1080. The minimum absolute atomic E-state index is 0.0327. The zero-order chi connectivity index (χ0) is 19.0. The summed E-state index contributed by atoms with van der Waals surface area (Å²) in [6.45, 7) is 1.89. The predicted octanol–water partition coefficient (Wildman–Crippen LogP) is 4.70. The van der Waals surface area contributed by atoms with E-state index >= 15 is 0 Å². The molecule has 0 fully saturated rings. The third-order valence-electron chi connectivity index (χ3n) is 4.16. The topological polar surface area (TPSA) is 60.1 Å². The molecule has 2 aromatic carbocycles. The zero-order valence-corrected chi connectivity index (χ0v) is 16.6. The second kappa shape index (κ2) is 7.46. The third-order valence-corrected chi connectivity index (χ3v) is 5.54. The van der Waals surface area contributed by atoms with E-state index in [4.69, 9.17) is 28.2 Å². The lowest BCUT2D eigenvalue weighted by Gasteiger charge is -2.14. The van der Waals surface area contributed by atoms with Gasteiger partial charge in [-0.25, -0.2) is 0 Å². The molecule has 0 saturated heterocycles. The van der Waals surface area contributed by atoms with E-state index in [9.17, 15) is 4.79 Å². The highest BCUT2D eigenvalue weighted by atomic mass is 35.5. The predicted molar refractivity (Wildman–Crippen MR) is 109 cm³/mol. The summed E-state index contributed by atoms with van der Waals surface area (Å²) < 4.78 is 1.95. The fraction of sp³-hybridized carbons (Fsp3) is 0.158. The lowest BCUT2D eigenvalue weighted by atomic mass is 10.0. The molecule has 1 aliphatic heterocycles. The molecule has 27 heavy (non-hydrogen) atoms. The van der Waals surface area contributed by atoms with Crippen molar-refractivity contribution in [1.82, 2.24) is 14.8 Å². The van der Waals surface area contributed by atoms with Crippen molar-refractivity contribution in [3.8, 4) is 5.69 Å². The number of carbonyl (C=O) groups excluding carboxylic acids is 1. The second-order valence-corrected chi connectivity index (χ2v) is 7.95. The molecule has 0 radical (unpaired) electrons. The number of rotatable bonds is 3. The van der Waals surface area contributed by atoms with E-state index in [1.165, 1.54) is 18.7 Å². The van der Waals surface area contributed by atoms with Crippen molar-refractivity contribution >= 4 is 45.8 Å². The molecule has 0 amide bonds. The van der Waals surface area contributed by atoms with Crippen LogP contribution in [0.25, 0.3) is 5.69 Å². The fourth-order valence-corrected chi connectivity index (χ4v) is 3.92. The van der Waals surface area contributed by atoms with Crippen LogP contribution < -0.4 is 0 Å². The first-order chi connectivity index (χ1) is 13.0. The van der Waals surface area contributed by atoms with Gasteiger partial charge in [-0.1, -0.05) is 53.2 Å². The van der Waals surface area contributed by atoms with Crippen molar-refractivity contribution in [2.24, 2.45) is 4.99 Å². The lowest BCUT2D eigenvalue weighted by Crippen LogP contribution is -2.10. The van der Waals surface area contributed by atoms with Crippen molar-refractivity contribution < 1.29 is 4.79 Å². The molecule has 3 aromatic rings. The summed E-state index contributed by atoms with van der Waals surface area (Å²) >= 11 is 13.9. The van der Waals surface area contributed by atoms with Gasteiger partial charge >= 0.3 is 0 Å². The van der Waals surface area contributed by atoms with Gasteiger partial charge in [-0.15, -0.1) is 10.2 Å². The van der Waals surface area contributed by atoms with E-state index < -0.39 is 0 Å². The second-order valence-electron chi connectivity index (χ2n) is 5.95. The molecule has 1 aliphatic rings. The summed E-state index contributed by atoms with van der Waals surface area (Å²) in [6.07, 6.45) is 0. The normalized spacial score (nSPS) is 12.8. The van der Waals surface area contributed by atoms with Crippen LogP contribution in [0.15, 0.2) is 47.5 Å². The van der Waals surface area contributed by atoms with Gasteiger partial charge in [-0.2, -0.15) is 0 Å². The van der Waals surface area contributed by atoms with Gasteiger partial charge in [-0.3, -0.25) is 14.4 Å². The van der Waals surface area contributed by atoms with Gasteiger partial charge in [-0.05, 0) is 24.3 Å². The molecule has 0 aliphatic carbocycles. The average Bonchev–Trinajstić information content (AvgIpc) is 2.97. The van der Waals surface area contributed by atoms with E-state index in [1.54, 1.807) is 0 Å². The maximum atomic E-state index is 11.4. The summed E-state index contributed by atoms with van der Waals surface area (Å²) in [4.78, 5) is 16.2. The molecule has 0 N–H and O–H groups in total. The van der Waals surface area contributed by atoms with Gasteiger partial charge in [0.2, 0.25) is 0 Å². The van der Waals surface area contributed by atoms with E-state index in [-0.39, 0.29) is 5.12 Å². The largest absolute Gasteiger partial charge is 0.288 e. The number of aliphatic imine (C=N–C) groups is 1. The number of thioether (sulfide) groups is 1. The first-order valence-electron chi connectivity index (χ1n) is 8.21. The van der Waals surface area contributed by atoms with E-state index in [2.05, 4.69) is 10.2 Å². The van der Waals surface area contributed by atoms with Crippen molar-refractivity contribution in [2.45, 2.75) is 19.2 Å². The summed E-state index contributed by atoms with van der Waals surface area (Å²) in [6, 6.07) is 13.2. The highest BCUT2D eigenvalue weighted by Gasteiger charge is 2.24. The van der Waals surface area contributed by atoms with Gasteiger partial charge in [0.25, 0.3) is 0 Å². The molecule has 0 unspecified atom stereocenters. The van der Waals surface area contributed by atoms with Crippen molar-refractivity contribution in [3.05, 3.63) is 75.3 Å². The molecule has 136 valence electrons. The van der Waals surface area contributed by atoms with Crippen LogP contribution in [0.1, 0.15) is 29.7 Å². The average molecular weight is 417 g/mol. The highest BCUT2D eigenvalue weighted by molar-refractivity contribution is 8.12. The van der Waals surface area contributed by atoms with Crippen molar-refractivity contribution in [1.29, 1.82) is 0 Å². The van der Waals surface area contributed by atoms with E-state index in [0.717, 1.165) is 22.5 Å². The Labute approximate surface area is 170 Å². The summed E-state index contributed by atoms with van der Waals surface area (Å²) in [5, 5.41) is 9.79. The first kappa shape index (κ1) is 18.2. The standard InChI is InChI=1S/C19H14Cl2N4OS/c1-11(26)27-10-18-24-23-17-9-22-19(13-4-2-3-5-15(13)21)14-8-12(20)6-7-16(14)25(17)18/h2-8H,9-10H2,1H3. The minimum atomic E-state index is 0.0327. The molecule has 0 bridgehead atoms. The quantitative estimate of drug-likeness (QED) is 0.620. The number of benzene rings is 2. The molecule has 2 heterocycles. The Morgan fingerprint density at radius 2 is 1.96 bits per heavy atom. The van der Waals surface area contributed by atoms with Gasteiger partial charge in [0.15, 0.2) is 10.9 Å². The Kier molecular flexibility index (Phi) is 5.04. The summed E-state index contributed by atoms with van der Waals surface area (Å²) in [7, 11) is 0. The number of carbonyl (C=O) groups is 1. The molecule has 0 spiro atoms. The fourth-order valence-electron chi connectivity index (χ4n) is 3.01. The van der Waals surface area contributed by atoms with Crippen LogP contribution in [0.3, 0.4) is 0 Å². The Balaban J connectivity index is 1.90. The van der Waals surface area contributed by atoms with Crippen LogP contribution in [0.4, 0.5) is 0 Å².